The van der Waals surface area contributed by atoms with Crippen molar-refractivity contribution < 1.29 is 53.5 Å². The zero-order valence-electron chi connectivity index (χ0n) is 8.83. The van der Waals surface area contributed by atoms with Gasteiger partial charge in [-0.05, 0) is 0 Å². The molecule has 0 aromatic heterocycles. The van der Waals surface area contributed by atoms with Crippen LogP contribution >= 0.6 is 0 Å². The number of hydrogen-bond acceptors (Lipinski definition) is 3. The fourth-order valence-corrected chi connectivity index (χ4v) is 0.632. The van der Waals surface area contributed by atoms with E-state index in [1.54, 1.807) is 0 Å². The third-order valence-corrected chi connectivity index (χ3v) is 1.15. The summed E-state index contributed by atoms with van der Waals surface area (Å²) in [5, 5.41) is 0. The van der Waals surface area contributed by atoms with E-state index in [2.05, 4.69) is 14.0 Å². The van der Waals surface area contributed by atoms with Crippen LogP contribution in [0.3, 0.4) is 0 Å². The second kappa shape index (κ2) is 6.66. The quantitative estimate of drug-likeness (QED) is 0.558. The van der Waals surface area contributed by atoms with Gasteiger partial charge in [0.1, 0.15) is 19.8 Å². The van der Waals surface area contributed by atoms with Crippen LogP contribution in [-0.2, 0) is 14.0 Å². The zero-order valence-corrected chi connectivity index (χ0v) is 8.83. The molecule has 0 saturated carbocycles. The summed E-state index contributed by atoms with van der Waals surface area (Å²) in [6.45, 7) is -6.35. The van der Waals surface area contributed by atoms with Crippen molar-refractivity contribution in [2.75, 3.05) is 19.8 Å². The van der Waals surface area contributed by atoms with Crippen LogP contribution in [-0.4, -0.2) is 45.7 Å². The summed E-state index contributed by atoms with van der Waals surface area (Å²) in [7, 11) is -2.73. The minimum absolute atomic E-state index is 2.12. The van der Waals surface area contributed by atoms with Crippen LogP contribution in [0.15, 0.2) is 0 Å². The predicted molar refractivity (Wildman–Crippen MR) is 41.8 cm³/mol. The molecule has 0 rings (SSSR count). The predicted octanol–water partition coefficient (Wildman–Crippen LogP) is 2.71. The highest BCUT2D eigenvalue weighted by molar-refractivity contribution is 6.36. The molecule has 0 radical (unpaired) electrons. The van der Waals surface area contributed by atoms with Gasteiger partial charge in [0, 0.05) is 0 Å². The molecule has 0 aromatic rings. The summed E-state index contributed by atoms with van der Waals surface area (Å²) in [4.78, 5) is 0. The molecule has 0 saturated heterocycles. The summed E-state index contributed by atoms with van der Waals surface area (Å²) in [6.07, 6.45) is -14.9. The van der Waals surface area contributed by atoms with E-state index in [-0.39, 0.29) is 0 Å². The normalized spacial score (nSPS) is 13.7. The van der Waals surface area contributed by atoms with Gasteiger partial charge in [0.25, 0.3) is 0 Å². The molecule has 0 heterocycles. The van der Waals surface area contributed by atoms with E-state index in [0.717, 1.165) is 0 Å². The molecule has 13 heteroatoms. The highest BCUT2D eigenvalue weighted by Crippen LogP contribution is 2.20. The molecule has 114 valence electrons. The van der Waals surface area contributed by atoms with Gasteiger partial charge in [-0.15, -0.1) is 0 Å². The first kappa shape index (κ1) is 18.3. The largest absolute Gasteiger partial charge is 0.640 e. The average Bonchev–Trinajstić information content (AvgIpc) is 2.11. The fraction of sp³-hybridized carbons (Fsp3) is 1.00. The van der Waals surface area contributed by atoms with E-state index < -0.39 is 45.7 Å². The number of alkyl halides is 9. The monoisotopic (exact) mass is 308 g/mol. The summed E-state index contributed by atoms with van der Waals surface area (Å²) in [6, 6.07) is 0. The Morgan fingerprint density at radius 1 is 0.526 bits per heavy atom. The molecule has 0 aromatic carbocycles. The van der Waals surface area contributed by atoms with E-state index in [1.807, 2.05) is 0 Å². The molecule has 0 N–H and O–H groups in total. The molecule has 0 amide bonds. The lowest BCUT2D eigenvalue weighted by Gasteiger charge is -2.17. The highest BCUT2D eigenvalue weighted by atomic mass is 19.4. The van der Waals surface area contributed by atoms with Crippen LogP contribution in [0.1, 0.15) is 0 Å². The van der Waals surface area contributed by atoms with Gasteiger partial charge in [0.05, 0.1) is 0 Å². The van der Waals surface area contributed by atoms with Gasteiger partial charge >= 0.3 is 25.9 Å². The molecule has 0 bridgehead atoms. The minimum atomic E-state index is -4.96. The molecular formula is C6H6BF9O3. The molecule has 0 atom stereocenters. The zero-order chi connectivity index (χ0) is 15.3. The summed E-state index contributed by atoms with van der Waals surface area (Å²) in [5.74, 6) is 0. The van der Waals surface area contributed by atoms with Gasteiger partial charge in [-0.1, -0.05) is 0 Å². The van der Waals surface area contributed by atoms with E-state index >= 15 is 0 Å². The first-order valence-electron chi connectivity index (χ1n) is 4.33. The maximum Gasteiger partial charge on any atom is 0.640 e. The number of hydrogen-bond donors (Lipinski definition) is 0. The summed E-state index contributed by atoms with van der Waals surface area (Å²) in [5.41, 5.74) is 0. The molecule has 0 aliphatic carbocycles. The second-order valence-corrected chi connectivity index (χ2v) is 3.07. The van der Waals surface area contributed by atoms with Crippen molar-refractivity contribution in [1.29, 1.82) is 0 Å². The van der Waals surface area contributed by atoms with Gasteiger partial charge < -0.3 is 14.0 Å². The summed E-state index contributed by atoms with van der Waals surface area (Å²) >= 11 is 0. The Morgan fingerprint density at radius 3 is 0.895 bits per heavy atom. The number of rotatable bonds is 6. The van der Waals surface area contributed by atoms with Crippen LogP contribution in [0.4, 0.5) is 39.5 Å². The lowest BCUT2D eigenvalue weighted by Crippen LogP contribution is -2.37. The van der Waals surface area contributed by atoms with E-state index in [4.69, 9.17) is 0 Å². The Bertz CT molecular complexity index is 217. The molecule has 0 spiro atoms. The fourth-order valence-electron chi connectivity index (χ4n) is 0.632. The van der Waals surface area contributed by atoms with Gasteiger partial charge in [-0.2, -0.15) is 39.5 Å². The standard InChI is InChI=1S/C6H6BF9O3/c8-4(9,10)1-17-7(18-2-5(11,12)13)19-3-6(14,15)16/h1-3H2. The first-order chi connectivity index (χ1) is 8.29. The third-order valence-electron chi connectivity index (χ3n) is 1.15. The Balaban J connectivity index is 4.30. The van der Waals surface area contributed by atoms with E-state index in [0.29, 0.717) is 0 Å². The van der Waals surface area contributed by atoms with Crippen LogP contribution in [0, 0.1) is 0 Å². The van der Waals surface area contributed by atoms with E-state index in [9.17, 15) is 39.5 Å². The molecule has 0 aliphatic heterocycles. The maximum absolute atomic E-state index is 11.7. The molecule has 19 heavy (non-hydrogen) atoms. The third kappa shape index (κ3) is 13.5. The van der Waals surface area contributed by atoms with Crippen LogP contribution in [0.5, 0.6) is 0 Å². The Labute approximate surface area is 100 Å². The van der Waals surface area contributed by atoms with Crippen LogP contribution < -0.4 is 0 Å². The first-order valence-corrected chi connectivity index (χ1v) is 4.33. The molecule has 0 unspecified atom stereocenters. The lowest BCUT2D eigenvalue weighted by atomic mass is 10.2. The smallest absolute Gasteiger partial charge is 0.376 e. The lowest BCUT2D eigenvalue weighted by molar-refractivity contribution is -0.187. The van der Waals surface area contributed by atoms with Crippen molar-refractivity contribution in [3.05, 3.63) is 0 Å². The van der Waals surface area contributed by atoms with Crippen LogP contribution in [0.25, 0.3) is 0 Å². The second-order valence-electron chi connectivity index (χ2n) is 3.07. The SMILES string of the molecule is FC(F)(F)COB(OCC(F)(F)F)OCC(F)(F)F. The Kier molecular flexibility index (Phi) is 6.42. The Hall–Kier alpha value is -0.685. The average molecular weight is 308 g/mol. The Morgan fingerprint density at radius 2 is 0.737 bits per heavy atom. The molecule has 3 nitrogen and oxygen atoms in total. The maximum atomic E-state index is 11.7. The van der Waals surface area contributed by atoms with Crippen molar-refractivity contribution in [2.24, 2.45) is 0 Å². The van der Waals surface area contributed by atoms with Crippen molar-refractivity contribution in [1.82, 2.24) is 0 Å². The van der Waals surface area contributed by atoms with Gasteiger partial charge in [0.2, 0.25) is 0 Å². The van der Waals surface area contributed by atoms with Crippen LogP contribution in [0.2, 0.25) is 0 Å². The number of halogens is 9. The van der Waals surface area contributed by atoms with Crippen molar-refractivity contribution in [3.8, 4) is 0 Å². The summed E-state index contributed by atoms with van der Waals surface area (Å²) < 4.78 is 116. The molecule has 0 aliphatic rings. The van der Waals surface area contributed by atoms with E-state index in [1.165, 1.54) is 0 Å². The van der Waals surface area contributed by atoms with Gasteiger partial charge in [-0.25, -0.2) is 0 Å². The van der Waals surface area contributed by atoms with Gasteiger partial charge in [0.15, 0.2) is 0 Å². The highest BCUT2D eigenvalue weighted by Gasteiger charge is 2.39. The van der Waals surface area contributed by atoms with Gasteiger partial charge in [-0.3, -0.25) is 0 Å². The molecular weight excluding hydrogens is 302 g/mol. The molecule has 0 fully saturated rings. The minimum Gasteiger partial charge on any atom is -0.376 e. The van der Waals surface area contributed by atoms with Crippen molar-refractivity contribution in [2.45, 2.75) is 18.5 Å². The van der Waals surface area contributed by atoms with Crippen molar-refractivity contribution in [3.63, 3.8) is 0 Å². The topological polar surface area (TPSA) is 27.7 Å². The van der Waals surface area contributed by atoms with Crippen molar-refractivity contribution >= 4 is 7.32 Å².